The topological polar surface area (TPSA) is 29.5 Å². The van der Waals surface area contributed by atoms with Gasteiger partial charge < -0.3 is 9.84 Å². The molecule has 2 nitrogen and oxygen atoms in total. The van der Waals surface area contributed by atoms with E-state index in [2.05, 4.69) is 36.4 Å². The molecule has 2 atom stereocenters. The molecule has 0 amide bonds. The molecule has 0 saturated carbocycles. The third kappa shape index (κ3) is 3.17. The van der Waals surface area contributed by atoms with Crippen LogP contribution in [-0.2, 0) is 11.2 Å². The van der Waals surface area contributed by atoms with Gasteiger partial charge in [0.05, 0.1) is 5.60 Å². The monoisotopic (exact) mass is 282 g/mol. The van der Waals surface area contributed by atoms with Crippen LogP contribution in [0.4, 0.5) is 0 Å². The van der Waals surface area contributed by atoms with Gasteiger partial charge in [0.15, 0.2) is 0 Å². The molecule has 2 heteroatoms. The molecule has 1 N–H and O–H groups in total. The van der Waals surface area contributed by atoms with E-state index < -0.39 is 11.7 Å². The van der Waals surface area contributed by atoms with E-state index >= 15 is 0 Å². The average molecular weight is 282 g/mol. The largest absolute Gasteiger partial charge is 0.385 e. The van der Waals surface area contributed by atoms with E-state index in [0.717, 1.165) is 31.4 Å². The zero-order valence-electron chi connectivity index (χ0n) is 12.5. The Morgan fingerprint density at radius 3 is 2.33 bits per heavy atom. The summed E-state index contributed by atoms with van der Waals surface area (Å²) in [6, 6.07) is 18.7. The molecular formula is C19H22O2. The summed E-state index contributed by atoms with van der Waals surface area (Å²) >= 11 is 0. The first-order valence-electron chi connectivity index (χ1n) is 7.62. The third-order valence-electron chi connectivity index (χ3n) is 4.37. The van der Waals surface area contributed by atoms with Crippen molar-refractivity contribution in [1.29, 1.82) is 0 Å². The second-order valence-electron chi connectivity index (χ2n) is 6.07. The number of benzene rings is 2. The third-order valence-corrected chi connectivity index (χ3v) is 4.37. The molecule has 21 heavy (non-hydrogen) atoms. The minimum Gasteiger partial charge on any atom is -0.385 e. The Morgan fingerprint density at radius 2 is 1.71 bits per heavy atom. The van der Waals surface area contributed by atoms with Crippen molar-refractivity contribution in [1.82, 2.24) is 0 Å². The van der Waals surface area contributed by atoms with Crippen LogP contribution in [-0.4, -0.2) is 17.3 Å². The summed E-state index contributed by atoms with van der Waals surface area (Å²) in [6.07, 6.45) is 2.32. The SMILES string of the molecule is CC1(C(O)c2ccc(Cc3ccccc3)cc2)CCCO1. The molecular weight excluding hydrogens is 260 g/mol. The summed E-state index contributed by atoms with van der Waals surface area (Å²) < 4.78 is 5.73. The summed E-state index contributed by atoms with van der Waals surface area (Å²) in [5.41, 5.74) is 3.07. The van der Waals surface area contributed by atoms with Crippen molar-refractivity contribution >= 4 is 0 Å². The number of rotatable bonds is 4. The maximum Gasteiger partial charge on any atom is 0.108 e. The minimum atomic E-state index is -0.550. The van der Waals surface area contributed by atoms with Crippen molar-refractivity contribution in [3.8, 4) is 0 Å². The van der Waals surface area contributed by atoms with Gasteiger partial charge in [-0.05, 0) is 42.9 Å². The molecule has 110 valence electrons. The number of ether oxygens (including phenoxy) is 1. The van der Waals surface area contributed by atoms with Crippen LogP contribution in [0.2, 0.25) is 0 Å². The van der Waals surface area contributed by atoms with Gasteiger partial charge in [0.2, 0.25) is 0 Å². The normalized spacial score (nSPS) is 23.1. The standard InChI is InChI=1S/C19H22O2/c1-19(12-5-13-21-19)18(20)17-10-8-16(9-11-17)14-15-6-3-2-4-7-15/h2-4,6-11,18,20H,5,12-14H2,1H3. The van der Waals surface area contributed by atoms with E-state index in [9.17, 15) is 5.11 Å². The van der Waals surface area contributed by atoms with E-state index in [1.54, 1.807) is 0 Å². The van der Waals surface area contributed by atoms with Crippen LogP contribution in [0.15, 0.2) is 54.6 Å². The van der Waals surface area contributed by atoms with Crippen molar-refractivity contribution in [2.45, 2.75) is 37.9 Å². The Bertz CT molecular complexity index is 568. The van der Waals surface area contributed by atoms with E-state index in [0.29, 0.717) is 0 Å². The molecule has 1 fully saturated rings. The highest BCUT2D eigenvalue weighted by Crippen LogP contribution is 2.37. The first kappa shape index (κ1) is 14.3. The molecule has 1 heterocycles. The molecule has 2 aromatic carbocycles. The minimum absolute atomic E-state index is 0.430. The fourth-order valence-corrected chi connectivity index (χ4v) is 3.02. The summed E-state index contributed by atoms with van der Waals surface area (Å²) in [6.45, 7) is 2.75. The number of hydrogen-bond acceptors (Lipinski definition) is 2. The van der Waals surface area contributed by atoms with Crippen LogP contribution in [0.1, 0.15) is 42.6 Å². The van der Waals surface area contributed by atoms with Crippen LogP contribution < -0.4 is 0 Å². The fraction of sp³-hybridized carbons (Fsp3) is 0.368. The van der Waals surface area contributed by atoms with Gasteiger partial charge in [-0.15, -0.1) is 0 Å². The quantitative estimate of drug-likeness (QED) is 0.922. The fourth-order valence-electron chi connectivity index (χ4n) is 3.02. The first-order valence-corrected chi connectivity index (χ1v) is 7.62. The summed E-state index contributed by atoms with van der Waals surface area (Å²) in [7, 11) is 0. The Kier molecular flexibility index (Phi) is 4.09. The van der Waals surface area contributed by atoms with Crippen molar-refractivity contribution < 1.29 is 9.84 Å². The average Bonchev–Trinajstić information content (AvgIpc) is 2.96. The summed E-state index contributed by atoms with van der Waals surface area (Å²) in [5.74, 6) is 0. The van der Waals surface area contributed by atoms with Gasteiger partial charge in [0.1, 0.15) is 6.10 Å². The van der Waals surface area contributed by atoms with Crippen molar-refractivity contribution in [2.75, 3.05) is 6.61 Å². The van der Waals surface area contributed by atoms with Crippen LogP contribution in [0.3, 0.4) is 0 Å². The van der Waals surface area contributed by atoms with Gasteiger partial charge in [-0.2, -0.15) is 0 Å². The second kappa shape index (κ2) is 6.00. The van der Waals surface area contributed by atoms with Gasteiger partial charge in [-0.25, -0.2) is 0 Å². The lowest BCUT2D eigenvalue weighted by Gasteiger charge is -2.29. The number of hydrogen-bond donors (Lipinski definition) is 1. The van der Waals surface area contributed by atoms with E-state index in [1.165, 1.54) is 11.1 Å². The smallest absolute Gasteiger partial charge is 0.108 e. The highest BCUT2D eigenvalue weighted by Gasteiger charge is 2.38. The molecule has 3 rings (SSSR count). The number of aliphatic hydroxyl groups is 1. The van der Waals surface area contributed by atoms with Gasteiger partial charge >= 0.3 is 0 Å². The van der Waals surface area contributed by atoms with Crippen LogP contribution >= 0.6 is 0 Å². The molecule has 1 aliphatic rings. The Hall–Kier alpha value is -1.64. The summed E-state index contributed by atoms with van der Waals surface area (Å²) in [5, 5.41) is 10.5. The van der Waals surface area contributed by atoms with Crippen LogP contribution in [0.5, 0.6) is 0 Å². The second-order valence-corrected chi connectivity index (χ2v) is 6.07. The number of aliphatic hydroxyl groups excluding tert-OH is 1. The molecule has 2 unspecified atom stereocenters. The van der Waals surface area contributed by atoms with Crippen molar-refractivity contribution in [2.24, 2.45) is 0 Å². The molecule has 0 aliphatic carbocycles. The molecule has 0 radical (unpaired) electrons. The maximum absolute atomic E-state index is 10.5. The lowest BCUT2D eigenvalue weighted by molar-refractivity contribution is -0.0796. The van der Waals surface area contributed by atoms with Gasteiger partial charge in [0.25, 0.3) is 0 Å². The maximum atomic E-state index is 10.5. The van der Waals surface area contributed by atoms with Crippen LogP contribution in [0, 0.1) is 0 Å². The zero-order valence-corrected chi connectivity index (χ0v) is 12.5. The van der Waals surface area contributed by atoms with Gasteiger partial charge in [0, 0.05) is 6.61 Å². The van der Waals surface area contributed by atoms with Crippen LogP contribution in [0.25, 0.3) is 0 Å². The molecule has 0 aromatic heterocycles. The predicted octanol–water partition coefficient (Wildman–Crippen LogP) is 3.88. The molecule has 1 saturated heterocycles. The Balaban J connectivity index is 1.72. The molecule has 0 bridgehead atoms. The zero-order chi connectivity index (χ0) is 14.7. The Morgan fingerprint density at radius 1 is 1.05 bits per heavy atom. The highest BCUT2D eigenvalue weighted by molar-refractivity contribution is 5.30. The van der Waals surface area contributed by atoms with Gasteiger partial charge in [-0.3, -0.25) is 0 Å². The van der Waals surface area contributed by atoms with E-state index in [4.69, 9.17) is 4.74 Å². The predicted molar refractivity (Wildman–Crippen MR) is 84.2 cm³/mol. The van der Waals surface area contributed by atoms with Crippen molar-refractivity contribution in [3.63, 3.8) is 0 Å². The first-order chi connectivity index (χ1) is 10.2. The van der Waals surface area contributed by atoms with Crippen molar-refractivity contribution in [3.05, 3.63) is 71.3 Å². The highest BCUT2D eigenvalue weighted by atomic mass is 16.5. The molecule has 2 aromatic rings. The van der Waals surface area contributed by atoms with Gasteiger partial charge in [-0.1, -0.05) is 54.6 Å². The molecule has 0 spiro atoms. The van der Waals surface area contributed by atoms with E-state index in [-0.39, 0.29) is 0 Å². The lowest BCUT2D eigenvalue weighted by Crippen LogP contribution is -2.31. The molecule has 1 aliphatic heterocycles. The Labute approximate surface area is 126 Å². The van der Waals surface area contributed by atoms with E-state index in [1.807, 2.05) is 25.1 Å². The lowest BCUT2D eigenvalue weighted by atomic mass is 9.89. The summed E-state index contributed by atoms with van der Waals surface area (Å²) in [4.78, 5) is 0.